The number of amides is 1. The van der Waals surface area contributed by atoms with Gasteiger partial charge in [-0.05, 0) is 36.4 Å². The summed E-state index contributed by atoms with van der Waals surface area (Å²) in [5.41, 5.74) is 13.7. The van der Waals surface area contributed by atoms with Crippen molar-refractivity contribution in [1.82, 2.24) is 4.98 Å². The molecule has 5 nitrogen and oxygen atoms in total. The van der Waals surface area contributed by atoms with Crippen molar-refractivity contribution < 1.29 is 4.79 Å². The predicted molar refractivity (Wildman–Crippen MR) is 84.4 cm³/mol. The number of anilines is 3. The van der Waals surface area contributed by atoms with Gasteiger partial charge in [-0.3, -0.25) is 4.79 Å². The van der Waals surface area contributed by atoms with Crippen LogP contribution in [0.15, 0.2) is 54.6 Å². The van der Waals surface area contributed by atoms with Crippen LogP contribution in [0.1, 0.15) is 10.4 Å². The maximum Gasteiger partial charge on any atom is 0.252 e. The van der Waals surface area contributed by atoms with Gasteiger partial charge in [0.1, 0.15) is 5.82 Å². The van der Waals surface area contributed by atoms with E-state index in [1.165, 1.54) is 0 Å². The number of para-hydroxylation sites is 1. The lowest BCUT2D eigenvalue weighted by molar-refractivity contribution is 0.100. The Morgan fingerprint density at radius 2 is 1.76 bits per heavy atom. The molecule has 2 aromatic carbocycles. The van der Waals surface area contributed by atoms with Gasteiger partial charge in [-0.2, -0.15) is 0 Å². The van der Waals surface area contributed by atoms with Gasteiger partial charge in [0.25, 0.3) is 5.91 Å². The van der Waals surface area contributed by atoms with Crippen molar-refractivity contribution in [1.29, 1.82) is 0 Å². The summed E-state index contributed by atoms with van der Waals surface area (Å²) in [6.45, 7) is 0. The van der Waals surface area contributed by atoms with E-state index in [-0.39, 0.29) is 0 Å². The second-order valence-electron chi connectivity index (χ2n) is 4.69. The van der Waals surface area contributed by atoms with E-state index in [0.29, 0.717) is 17.1 Å². The van der Waals surface area contributed by atoms with Crippen LogP contribution in [-0.4, -0.2) is 10.9 Å². The van der Waals surface area contributed by atoms with Crippen molar-refractivity contribution in [3.8, 4) is 0 Å². The van der Waals surface area contributed by atoms with Gasteiger partial charge in [-0.25, -0.2) is 4.98 Å². The van der Waals surface area contributed by atoms with Crippen LogP contribution in [0.5, 0.6) is 0 Å². The molecule has 21 heavy (non-hydrogen) atoms. The molecular weight excluding hydrogens is 264 g/mol. The number of hydrogen-bond donors (Lipinski definition) is 3. The van der Waals surface area contributed by atoms with Gasteiger partial charge < -0.3 is 16.8 Å². The molecule has 0 atom stereocenters. The van der Waals surface area contributed by atoms with Crippen LogP contribution in [0.3, 0.4) is 0 Å². The Morgan fingerprint density at radius 1 is 1.05 bits per heavy atom. The minimum atomic E-state index is -0.522. The molecule has 0 fully saturated rings. The van der Waals surface area contributed by atoms with Crippen LogP contribution in [0.2, 0.25) is 0 Å². The van der Waals surface area contributed by atoms with E-state index in [4.69, 9.17) is 11.5 Å². The number of nitrogens with two attached hydrogens (primary N) is 2. The van der Waals surface area contributed by atoms with E-state index in [9.17, 15) is 4.79 Å². The third-order valence-electron chi connectivity index (χ3n) is 3.16. The summed E-state index contributed by atoms with van der Waals surface area (Å²) in [5.74, 6) is -0.0860. The molecular formula is C16H14N4O. The monoisotopic (exact) mass is 278 g/mol. The van der Waals surface area contributed by atoms with Gasteiger partial charge in [-0.15, -0.1) is 0 Å². The minimum Gasteiger partial charge on any atom is -0.399 e. The number of rotatable bonds is 3. The smallest absolute Gasteiger partial charge is 0.252 e. The number of pyridine rings is 1. The molecule has 0 saturated carbocycles. The molecule has 1 amide bonds. The van der Waals surface area contributed by atoms with E-state index >= 15 is 0 Å². The van der Waals surface area contributed by atoms with Gasteiger partial charge in [-0.1, -0.05) is 18.2 Å². The molecule has 5 N–H and O–H groups in total. The molecule has 3 aromatic rings. The van der Waals surface area contributed by atoms with Crippen molar-refractivity contribution in [2.24, 2.45) is 5.73 Å². The van der Waals surface area contributed by atoms with E-state index in [0.717, 1.165) is 16.6 Å². The van der Waals surface area contributed by atoms with Crippen LogP contribution in [-0.2, 0) is 0 Å². The van der Waals surface area contributed by atoms with E-state index in [1.807, 2.05) is 36.4 Å². The molecule has 0 aliphatic rings. The number of hydrogen-bond acceptors (Lipinski definition) is 4. The molecule has 5 heteroatoms. The van der Waals surface area contributed by atoms with Gasteiger partial charge in [0.2, 0.25) is 0 Å². The molecule has 1 aromatic heterocycles. The third-order valence-corrected chi connectivity index (χ3v) is 3.16. The molecule has 3 rings (SSSR count). The zero-order chi connectivity index (χ0) is 14.8. The first-order valence-corrected chi connectivity index (χ1v) is 6.45. The highest BCUT2D eigenvalue weighted by molar-refractivity contribution is 6.01. The maximum atomic E-state index is 11.6. The van der Waals surface area contributed by atoms with Gasteiger partial charge >= 0.3 is 0 Å². The fraction of sp³-hybridized carbons (Fsp3) is 0. The van der Waals surface area contributed by atoms with Gasteiger partial charge in [0, 0.05) is 16.8 Å². The lowest BCUT2D eigenvalue weighted by Crippen LogP contribution is -2.14. The summed E-state index contributed by atoms with van der Waals surface area (Å²) < 4.78 is 0. The number of aromatic nitrogens is 1. The normalized spacial score (nSPS) is 10.5. The number of fused-ring (bicyclic) bond motifs is 1. The molecule has 1 heterocycles. The topological polar surface area (TPSA) is 94.0 Å². The number of nitrogens with one attached hydrogen (secondary N) is 1. The highest BCUT2D eigenvalue weighted by atomic mass is 16.1. The fourth-order valence-electron chi connectivity index (χ4n) is 2.10. The first kappa shape index (κ1) is 12.9. The second-order valence-corrected chi connectivity index (χ2v) is 4.69. The lowest BCUT2D eigenvalue weighted by Gasteiger charge is -2.11. The average molecular weight is 278 g/mol. The third kappa shape index (κ3) is 2.62. The molecule has 0 unspecified atom stereocenters. The highest BCUT2D eigenvalue weighted by Gasteiger charge is 2.11. The molecule has 0 spiro atoms. The Hall–Kier alpha value is -3.08. The summed E-state index contributed by atoms with van der Waals surface area (Å²) >= 11 is 0. The largest absolute Gasteiger partial charge is 0.399 e. The summed E-state index contributed by atoms with van der Waals surface area (Å²) in [5, 5.41) is 3.98. The summed E-state index contributed by atoms with van der Waals surface area (Å²) in [6, 6.07) is 16.5. The highest BCUT2D eigenvalue weighted by Crippen LogP contribution is 2.23. The molecule has 104 valence electrons. The SMILES string of the molecule is NC(=O)c1cc2ccccc2nc1Nc1ccc(N)cc1. The van der Waals surface area contributed by atoms with Gasteiger partial charge in [0.05, 0.1) is 11.1 Å². The summed E-state index contributed by atoms with van der Waals surface area (Å²) in [4.78, 5) is 16.1. The van der Waals surface area contributed by atoms with E-state index in [2.05, 4.69) is 10.3 Å². The Morgan fingerprint density at radius 3 is 2.48 bits per heavy atom. The van der Waals surface area contributed by atoms with Crippen LogP contribution in [0, 0.1) is 0 Å². The standard InChI is InChI=1S/C16H14N4O/c17-11-5-7-12(8-6-11)19-16-13(15(18)21)9-10-3-1-2-4-14(10)20-16/h1-9H,17H2,(H2,18,21)(H,19,20). The Kier molecular flexibility index (Phi) is 3.16. The first-order valence-electron chi connectivity index (χ1n) is 6.45. The van der Waals surface area contributed by atoms with Crippen molar-refractivity contribution in [2.45, 2.75) is 0 Å². The minimum absolute atomic E-state index is 0.352. The zero-order valence-electron chi connectivity index (χ0n) is 11.2. The Balaban J connectivity index is 2.09. The number of primary amides is 1. The quantitative estimate of drug-likeness (QED) is 0.642. The molecule has 0 bridgehead atoms. The van der Waals surface area contributed by atoms with Crippen molar-refractivity contribution >= 4 is 34.0 Å². The molecule has 0 radical (unpaired) electrons. The number of nitrogen functional groups attached to an aromatic ring is 1. The van der Waals surface area contributed by atoms with Crippen molar-refractivity contribution in [3.63, 3.8) is 0 Å². The first-order chi connectivity index (χ1) is 10.1. The summed E-state index contributed by atoms with van der Waals surface area (Å²) in [6.07, 6.45) is 0. The zero-order valence-corrected chi connectivity index (χ0v) is 11.2. The predicted octanol–water partition coefficient (Wildman–Crippen LogP) is 2.66. The molecule has 0 aliphatic carbocycles. The average Bonchev–Trinajstić information content (AvgIpc) is 2.48. The van der Waals surface area contributed by atoms with Crippen LogP contribution < -0.4 is 16.8 Å². The van der Waals surface area contributed by atoms with Crippen molar-refractivity contribution in [3.05, 3.63) is 60.2 Å². The van der Waals surface area contributed by atoms with Crippen molar-refractivity contribution in [2.75, 3.05) is 11.1 Å². The van der Waals surface area contributed by atoms with Crippen LogP contribution in [0.4, 0.5) is 17.2 Å². The fourth-order valence-corrected chi connectivity index (χ4v) is 2.10. The Labute approximate surface area is 121 Å². The van der Waals surface area contributed by atoms with Crippen LogP contribution in [0.25, 0.3) is 10.9 Å². The number of benzene rings is 2. The summed E-state index contributed by atoms with van der Waals surface area (Å²) in [7, 11) is 0. The molecule has 0 aliphatic heterocycles. The maximum absolute atomic E-state index is 11.6. The lowest BCUT2D eigenvalue weighted by atomic mass is 10.1. The van der Waals surface area contributed by atoms with Crippen LogP contribution >= 0.6 is 0 Å². The second kappa shape index (κ2) is 5.13. The number of carbonyl (C=O) groups is 1. The van der Waals surface area contributed by atoms with Gasteiger partial charge in [0.15, 0.2) is 0 Å². The number of nitrogens with zero attached hydrogens (tertiary/aromatic N) is 1. The van der Waals surface area contributed by atoms with E-state index in [1.54, 1.807) is 18.2 Å². The van der Waals surface area contributed by atoms with E-state index < -0.39 is 5.91 Å². The molecule has 0 saturated heterocycles. The number of carbonyl (C=O) groups excluding carboxylic acids is 1. The Bertz CT molecular complexity index is 812.